The van der Waals surface area contributed by atoms with Crippen LogP contribution in [0, 0.1) is 0 Å². The Labute approximate surface area is 166 Å². The SMILES string of the molecule is C=CCC(C(=O)Nc1ccc(OCC)cc1)(c1ccccc1)c1ccccc1. The molecule has 0 saturated carbocycles. The molecule has 0 unspecified atom stereocenters. The number of carbonyl (C=O) groups is 1. The van der Waals surface area contributed by atoms with E-state index in [1.807, 2.05) is 91.9 Å². The molecule has 0 atom stereocenters. The van der Waals surface area contributed by atoms with Gasteiger partial charge in [-0.05, 0) is 48.7 Å². The third-order valence-corrected chi connectivity index (χ3v) is 4.79. The van der Waals surface area contributed by atoms with E-state index in [2.05, 4.69) is 11.9 Å². The van der Waals surface area contributed by atoms with Crippen LogP contribution in [0.2, 0.25) is 0 Å². The van der Waals surface area contributed by atoms with Gasteiger partial charge in [0.2, 0.25) is 5.91 Å². The number of hydrogen-bond acceptors (Lipinski definition) is 2. The summed E-state index contributed by atoms with van der Waals surface area (Å²) in [6, 6.07) is 27.2. The van der Waals surface area contributed by atoms with E-state index < -0.39 is 5.41 Å². The van der Waals surface area contributed by atoms with Crippen LogP contribution < -0.4 is 10.1 Å². The minimum absolute atomic E-state index is 0.0889. The molecule has 0 aromatic heterocycles. The zero-order chi connectivity index (χ0) is 19.8. The summed E-state index contributed by atoms with van der Waals surface area (Å²) in [6.45, 7) is 6.47. The topological polar surface area (TPSA) is 38.3 Å². The second kappa shape index (κ2) is 9.05. The third-order valence-electron chi connectivity index (χ3n) is 4.79. The molecule has 3 rings (SSSR count). The molecular weight excluding hydrogens is 346 g/mol. The van der Waals surface area contributed by atoms with Crippen LogP contribution in [0.5, 0.6) is 5.75 Å². The van der Waals surface area contributed by atoms with Crippen LogP contribution in [0.1, 0.15) is 24.5 Å². The zero-order valence-electron chi connectivity index (χ0n) is 16.1. The third kappa shape index (κ3) is 3.99. The Hall–Kier alpha value is -3.33. The number of nitrogens with one attached hydrogen (secondary N) is 1. The van der Waals surface area contributed by atoms with Gasteiger partial charge in [-0.3, -0.25) is 4.79 Å². The zero-order valence-corrected chi connectivity index (χ0v) is 16.1. The standard InChI is InChI=1S/C25H25NO2/c1-3-19-25(20-11-7-5-8-12-20,21-13-9-6-10-14-21)24(27)26-22-15-17-23(18-16-22)28-4-2/h3,5-18H,1,4,19H2,2H3,(H,26,27). The van der Waals surface area contributed by atoms with Gasteiger partial charge in [0.25, 0.3) is 0 Å². The molecule has 0 fully saturated rings. The maximum Gasteiger partial charge on any atom is 0.239 e. The van der Waals surface area contributed by atoms with E-state index in [4.69, 9.17) is 4.74 Å². The minimum Gasteiger partial charge on any atom is -0.494 e. The highest BCUT2D eigenvalue weighted by molar-refractivity contribution is 6.02. The Balaban J connectivity index is 2.02. The fourth-order valence-electron chi connectivity index (χ4n) is 3.46. The monoisotopic (exact) mass is 371 g/mol. The van der Waals surface area contributed by atoms with Gasteiger partial charge in [0.05, 0.1) is 6.61 Å². The maximum absolute atomic E-state index is 13.6. The minimum atomic E-state index is -0.858. The highest BCUT2D eigenvalue weighted by Gasteiger charge is 2.40. The molecule has 28 heavy (non-hydrogen) atoms. The molecule has 0 saturated heterocycles. The van der Waals surface area contributed by atoms with Gasteiger partial charge in [0.1, 0.15) is 11.2 Å². The fraction of sp³-hybridized carbons (Fsp3) is 0.160. The Morgan fingerprint density at radius 3 is 1.93 bits per heavy atom. The van der Waals surface area contributed by atoms with Crippen LogP contribution in [-0.4, -0.2) is 12.5 Å². The van der Waals surface area contributed by atoms with Crippen LogP contribution in [0.4, 0.5) is 5.69 Å². The van der Waals surface area contributed by atoms with Gasteiger partial charge in [-0.2, -0.15) is 0 Å². The number of carbonyl (C=O) groups excluding carboxylic acids is 1. The smallest absolute Gasteiger partial charge is 0.239 e. The van der Waals surface area contributed by atoms with Crippen LogP contribution in [0.25, 0.3) is 0 Å². The fourth-order valence-corrected chi connectivity index (χ4v) is 3.46. The highest BCUT2D eigenvalue weighted by atomic mass is 16.5. The van der Waals surface area contributed by atoms with Gasteiger partial charge in [-0.15, -0.1) is 6.58 Å². The number of allylic oxidation sites excluding steroid dienone is 1. The summed E-state index contributed by atoms with van der Waals surface area (Å²) in [6.07, 6.45) is 2.29. The first-order valence-corrected chi connectivity index (χ1v) is 9.47. The normalized spacial score (nSPS) is 10.9. The van der Waals surface area contributed by atoms with Crippen LogP contribution in [0.15, 0.2) is 97.6 Å². The molecule has 1 amide bonds. The molecule has 3 aromatic rings. The molecular formula is C25H25NO2. The van der Waals surface area contributed by atoms with E-state index in [9.17, 15) is 4.79 Å². The van der Waals surface area contributed by atoms with E-state index in [1.54, 1.807) is 6.08 Å². The Bertz CT molecular complexity index is 863. The highest BCUT2D eigenvalue weighted by Crippen LogP contribution is 2.37. The average molecular weight is 371 g/mol. The Morgan fingerprint density at radius 2 is 1.46 bits per heavy atom. The van der Waals surface area contributed by atoms with Crippen LogP contribution in [0.3, 0.4) is 0 Å². The van der Waals surface area contributed by atoms with Gasteiger partial charge in [-0.1, -0.05) is 66.7 Å². The first-order chi connectivity index (χ1) is 13.7. The number of ether oxygens (including phenoxy) is 1. The molecule has 3 aromatic carbocycles. The van der Waals surface area contributed by atoms with E-state index >= 15 is 0 Å². The summed E-state index contributed by atoms with van der Waals surface area (Å²) in [5.74, 6) is 0.693. The van der Waals surface area contributed by atoms with Gasteiger partial charge in [-0.25, -0.2) is 0 Å². The molecule has 3 heteroatoms. The number of rotatable bonds is 8. The van der Waals surface area contributed by atoms with Gasteiger partial charge in [0, 0.05) is 5.69 Å². The molecule has 0 aliphatic rings. The van der Waals surface area contributed by atoms with Crippen molar-refractivity contribution in [2.24, 2.45) is 0 Å². The van der Waals surface area contributed by atoms with E-state index in [1.165, 1.54) is 0 Å². The van der Waals surface area contributed by atoms with Crippen molar-refractivity contribution in [3.63, 3.8) is 0 Å². The molecule has 0 radical (unpaired) electrons. The lowest BCUT2D eigenvalue weighted by molar-refractivity contribution is -0.120. The van der Waals surface area contributed by atoms with Crippen molar-refractivity contribution >= 4 is 11.6 Å². The summed E-state index contributed by atoms with van der Waals surface area (Å²) in [7, 11) is 0. The lowest BCUT2D eigenvalue weighted by Crippen LogP contribution is -2.41. The van der Waals surface area contributed by atoms with E-state index in [0.717, 1.165) is 22.6 Å². The average Bonchev–Trinajstić information content (AvgIpc) is 2.75. The van der Waals surface area contributed by atoms with Crippen LogP contribution >= 0.6 is 0 Å². The van der Waals surface area contributed by atoms with Gasteiger partial charge in [0.15, 0.2) is 0 Å². The van der Waals surface area contributed by atoms with E-state index in [0.29, 0.717) is 13.0 Å². The van der Waals surface area contributed by atoms with Crippen LogP contribution in [-0.2, 0) is 10.2 Å². The number of hydrogen-bond donors (Lipinski definition) is 1. The molecule has 0 aliphatic heterocycles. The van der Waals surface area contributed by atoms with Crippen molar-refractivity contribution in [1.29, 1.82) is 0 Å². The van der Waals surface area contributed by atoms with E-state index in [-0.39, 0.29) is 5.91 Å². The number of anilines is 1. The summed E-state index contributed by atoms with van der Waals surface area (Å²) in [4.78, 5) is 13.6. The quantitative estimate of drug-likeness (QED) is 0.525. The second-order valence-electron chi connectivity index (χ2n) is 6.54. The number of amides is 1. The predicted octanol–water partition coefficient (Wildman–Crippen LogP) is 5.59. The Kier molecular flexibility index (Phi) is 6.28. The van der Waals surface area contributed by atoms with Crippen molar-refractivity contribution in [3.8, 4) is 5.75 Å². The lowest BCUT2D eigenvalue weighted by atomic mass is 9.71. The molecule has 0 bridgehead atoms. The first-order valence-electron chi connectivity index (χ1n) is 9.47. The van der Waals surface area contributed by atoms with Crippen molar-refractivity contribution in [2.75, 3.05) is 11.9 Å². The first kappa shape index (κ1) is 19.4. The molecule has 0 spiro atoms. The summed E-state index contributed by atoms with van der Waals surface area (Å²) < 4.78 is 5.48. The van der Waals surface area contributed by atoms with Crippen molar-refractivity contribution in [1.82, 2.24) is 0 Å². The summed E-state index contributed by atoms with van der Waals surface area (Å²) >= 11 is 0. The largest absolute Gasteiger partial charge is 0.494 e. The molecule has 142 valence electrons. The molecule has 1 N–H and O–H groups in total. The Morgan fingerprint density at radius 1 is 0.929 bits per heavy atom. The lowest BCUT2D eigenvalue weighted by Gasteiger charge is -2.33. The van der Waals surface area contributed by atoms with Gasteiger partial charge >= 0.3 is 0 Å². The maximum atomic E-state index is 13.6. The van der Waals surface area contributed by atoms with Crippen molar-refractivity contribution in [3.05, 3.63) is 109 Å². The molecule has 3 nitrogen and oxygen atoms in total. The number of benzene rings is 3. The molecule has 0 aliphatic carbocycles. The molecule has 0 heterocycles. The van der Waals surface area contributed by atoms with Crippen molar-refractivity contribution < 1.29 is 9.53 Å². The van der Waals surface area contributed by atoms with Gasteiger partial charge < -0.3 is 10.1 Å². The second-order valence-corrected chi connectivity index (χ2v) is 6.54. The van der Waals surface area contributed by atoms with Crippen molar-refractivity contribution in [2.45, 2.75) is 18.8 Å². The summed E-state index contributed by atoms with van der Waals surface area (Å²) in [5.41, 5.74) is 1.74. The predicted molar refractivity (Wildman–Crippen MR) is 115 cm³/mol. The summed E-state index contributed by atoms with van der Waals surface area (Å²) in [5, 5.41) is 3.09.